The van der Waals surface area contributed by atoms with Gasteiger partial charge in [0.2, 0.25) is 0 Å². The lowest BCUT2D eigenvalue weighted by atomic mass is 10.4. The minimum Gasteiger partial charge on any atom is -0.267 e. The van der Waals surface area contributed by atoms with Crippen LogP contribution in [0.3, 0.4) is 0 Å². The van der Waals surface area contributed by atoms with Crippen LogP contribution in [0.5, 0.6) is 0 Å². The molecule has 5 nitrogen and oxygen atoms in total. The molecule has 0 atom stereocenters. The molecule has 80 valence electrons. The third kappa shape index (κ3) is 1.54. The number of aromatic nitrogens is 4. The van der Waals surface area contributed by atoms with E-state index in [-0.39, 0.29) is 5.56 Å². The summed E-state index contributed by atoms with van der Waals surface area (Å²) in [5.74, 6) is 0. The molecule has 0 radical (unpaired) electrons. The second kappa shape index (κ2) is 4.06. The molecule has 0 aliphatic heterocycles. The van der Waals surface area contributed by atoms with Crippen LogP contribution in [0.2, 0.25) is 0 Å². The Morgan fingerprint density at radius 3 is 3.00 bits per heavy atom. The van der Waals surface area contributed by atoms with E-state index in [1.807, 2.05) is 17.3 Å². The quantitative estimate of drug-likeness (QED) is 0.784. The van der Waals surface area contributed by atoms with Crippen molar-refractivity contribution in [3.63, 3.8) is 0 Å². The molecule has 0 spiro atoms. The van der Waals surface area contributed by atoms with Crippen LogP contribution >= 0.6 is 11.9 Å². The van der Waals surface area contributed by atoms with Crippen LogP contribution in [0.25, 0.3) is 11.0 Å². The van der Waals surface area contributed by atoms with Gasteiger partial charge in [0.1, 0.15) is 11.7 Å². The highest BCUT2D eigenvalue weighted by Crippen LogP contribution is 2.12. The average molecular weight is 224 g/mol. The van der Waals surface area contributed by atoms with Crippen molar-refractivity contribution in [2.45, 2.75) is 19.9 Å². The molecular formula is C9H12N4OS. The highest BCUT2D eigenvalue weighted by Gasteiger charge is 2.12. The lowest BCUT2D eigenvalue weighted by molar-refractivity contribution is 0.569. The summed E-state index contributed by atoms with van der Waals surface area (Å²) in [4.78, 5) is 19.9. The number of rotatable bonds is 3. The van der Waals surface area contributed by atoms with Gasteiger partial charge in [-0.1, -0.05) is 6.92 Å². The number of hydrogen-bond acceptors (Lipinski definition) is 4. The number of hydrogen-bond donors (Lipinski definition) is 0. The first kappa shape index (κ1) is 10.2. The molecule has 6 heteroatoms. The van der Waals surface area contributed by atoms with Gasteiger partial charge in [0.05, 0.1) is 0 Å². The number of nitrogens with zero attached hydrogens (tertiary/aromatic N) is 4. The van der Waals surface area contributed by atoms with Gasteiger partial charge < -0.3 is 0 Å². The SMILES string of the molecule is CCCn1c(=O)c2cncnc2n1SC. The topological polar surface area (TPSA) is 52.7 Å². The first-order valence-corrected chi connectivity index (χ1v) is 5.93. The van der Waals surface area contributed by atoms with E-state index in [1.54, 1.807) is 10.9 Å². The predicted octanol–water partition coefficient (Wildman–Crippen LogP) is 1.13. The second-order valence-corrected chi connectivity index (χ2v) is 3.85. The molecule has 2 aromatic heterocycles. The smallest absolute Gasteiger partial charge is 0.267 e. The Bertz CT molecular complexity index is 530. The van der Waals surface area contributed by atoms with E-state index in [9.17, 15) is 4.79 Å². The van der Waals surface area contributed by atoms with Gasteiger partial charge in [-0.2, -0.15) is 0 Å². The van der Waals surface area contributed by atoms with Crippen molar-refractivity contribution in [1.82, 2.24) is 18.7 Å². The molecule has 0 aliphatic rings. The van der Waals surface area contributed by atoms with E-state index >= 15 is 0 Å². The van der Waals surface area contributed by atoms with E-state index in [1.165, 1.54) is 18.3 Å². The van der Waals surface area contributed by atoms with Gasteiger partial charge in [0.15, 0.2) is 5.65 Å². The Morgan fingerprint density at radius 2 is 2.33 bits per heavy atom. The molecule has 0 N–H and O–H groups in total. The van der Waals surface area contributed by atoms with Crippen molar-refractivity contribution in [2.24, 2.45) is 0 Å². The first-order chi connectivity index (χ1) is 7.29. The molecule has 2 rings (SSSR count). The Kier molecular flexibility index (Phi) is 2.77. The highest BCUT2D eigenvalue weighted by molar-refractivity contribution is 7.97. The molecule has 0 saturated carbocycles. The zero-order chi connectivity index (χ0) is 10.8. The van der Waals surface area contributed by atoms with E-state index in [0.717, 1.165) is 6.42 Å². The van der Waals surface area contributed by atoms with Crippen LogP contribution in [-0.4, -0.2) is 25.0 Å². The monoisotopic (exact) mass is 224 g/mol. The third-order valence-corrected chi connectivity index (χ3v) is 2.88. The maximum atomic E-state index is 11.9. The van der Waals surface area contributed by atoms with Gasteiger partial charge in [-0.3, -0.25) is 4.79 Å². The summed E-state index contributed by atoms with van der Waals surface area (Å²) in [7, 11) is 0. The maximum Gasteiger partial charge on any atom is 0.278 e. The summed E-state index contributed by atoms with van der Waals surface area (Å²) in [6.07, 6.45) is 5.88. The molecule has 0 amide bonds. The molecule has 0 saturated heterocycles. The normalized spacial score (nSPS) is 11.1. The summed E-state index contributed by atoms with van der Waals surface area (Å²) >= 11 is 1.48. The van der Waals surface area contributed by atoms with Crippen LogP contribution < -0.4 is 5.56 Å². The van der Waals surface area contributed by atoms with Crippen LogP contribution in [-0.2, 0) is 6.54 Å². The predicted molar refractivity (Wildman–Crippen MR) is 61.0 cm³/mol. The minimum absolute atomic E-state index is 0.0122. The largest absolute Gasteiger partial charge is 0.278 e. The van der Waals surface area contributed by atoms with E-state index in [4.69, 9.17) is 0 Å². The van der Waals surface area contributed by atoms with Gasteiger partial charge in [-0.05, 0) is 18.4 Å². The summed E-state index contributed by atoms with van der Waals surface area (Å²) in [6, 6.07) is 0. The molecular weight excluding hydrogens is 212 g/mol. The fraction of sp³-hybridized carbons (Fsp3) is 0.444. The molecule has 0 aromatic carbocycles. The second-order valence-electron chi connectivity index (χ2n) is 3.14. The fourth-order valence-corrected chi connectivity index (χ4v) is 2.22. The lowest BCUT2D eigenvalue weighted by Gasteiger charge is -2.06. The molecule has 0 aliphatic carbocycles. The highest BCUT2D eigenvalue weighted by atomic mass is 32.2. The Labute approximate surface area is 91.2 Å². The van der Waals surface area contributed by atoms with Crippen molar-refractivity contribution >= 4 is 23.0 Å². The summed E-state index contributed by atoms with van der Waals surface area (Å²) in [5.41, 5.74) is 0.678. The summed E-state index contributed by atoms with van der Waals surface area (Å²) < 4.78 is 3.52. The molecule has 15 heavy (non-hydrogen) atoms. The van der Waals surface area contributed by atoms with Gasteiger partial charge >= 0.3 is 0 Å². The molecule has 0 fully saturated rings. The van der Waals surface area contributed by atoms with Crippen molar-refractivity contribution < 1.29 is 0 Å². The Hall–Kier alpha value is -1.30. The van der Waals surface area contributed by atoms with Crippen LogP contribution in [0, 0.1) is 0 Å². The number of fused-ring (bicyclic) bond motifs is 1. The average Bonchev–Trinajstić information content (AvgIpc) is 2.54. The van der Waals surface area contributed by atoms with Gasteiger partial charge in [0.25, 0.3) is 5.56 Å². The third-order valence-electron chi connectivity index (χ3n) is 2.16. The molecule has 2 aromatic rings. The van der Waals surface area contributed by atoms with Crippen molar-refractivity contribution in [1.29, 1.82) is 0 Å². The molecule has 2 heterocycles. The maximum absolute atomic E-state index is 11.9. The van der Waals surface area contributed by atoms with Gasteiger partial charge in [0, 0.05) is 19.0 Å². The van der Waals surface area contributed by atoms with Crippen molar-refractivity contribution in [2.75, 3.05) is 6.26 Å². The standard InChI is InChI=1S/C9H12N4OS/c1-3-4-12-9(14)7-5-10-6-11-8(7)13(12)15-2/h5-6H,3-4H2,1-2H3. The van der Waals surface area contributed by atoms with Gasteiger partial charge in [-0.15, -0.1) is 0 Å². The van der Waals surface area contributed by atoms with E-state index in [2.05, 4.69) is 9.97 Å². The summed E-state index contributed by atoms with van der Waals surface area (Å²) in [6.45, 7) is 2.75. The lowest BCUT2D eigenvalue weighted by Crippen LogP contribution is -2.20. The van der Waals surface area contributed by atoms with E-state index in [0.29, 0.717) is 17.6 Å². The summed E-state index contributed by atoms with van der Waals surface area (Å²) in [5, 5.41) is 0.584. The van der Waals surface area contributed by atoms with Crippen LogP contribution in [0.15, 0.2) is 17.3 Å². The van der Waals surface area contributed by atoms with Crippen molar-refractivity contribution in [3.05, 3.63) is 22.9 Å². The zero-order valence-electron chi connectivity index (χ0n) is 8.67. The van der Waals surface area contributed by atoms with Crippen LogP contribution in [0.4, 0.5) is 0 Å². The Morgan fingerprint density at radius 1 is 1.53 bits per heavy atom. The van der Waals surface area contributed by atoms with Crippen LogP contribution in [0.1, 0.15) is 13.3 Å². The first-order valence-electron chi connectivity index (χ1n) is 4.75. The molecule has 0 unspecified atom stereocenters. The van der Waals surface area contributed by atoms with E-state index < -0.39 is 0 Å². The fourth-order valence-electron chi connectivity index (χ4n) is 1.55. The van der Waals surface area contributed by atoms with Crippen molar-refractivity contribution in [3.8, 4) is 0 Å². The molecule has 0 bridgehead atoms. The van der Waals surface area contributed by atoms with Gasteiger partial charge in [-0.25, -0.2) is 18.7 Å². The zero-order valence-corrected chi connectivity index (χ0v) is 9.49. The minimum atomic E-state index is -0.0122. The Balaban J connectivity index is 2.78.